The van der Waals surface area contributed by atoms with E-state index in [9.17, 15) is 9.90 Å². The van der Waals surface area contributed by atoms with Crippen molar-refractivity contribution in [2.75, 3.05) is 6.61 Å². The van der Waals surface area contributed by atoms with Gasteiger partial charge in [0.05, 0.1) is 0 Å². The fourth-order valence-electron chi connectivity index (χ4n) is 2.96. The van der Waals surface area contributed by atoms with E-state index in [0.717, 1.165) is 25.7 Å². The van der Waals surface area contributed by atoms with Crippen molar-refractivity contribution in [1.29, 1.82) is 0 Å². The van der Waals surface area contributed by atoms with Gasteiger partial charge in [-0.15, -0.1) is 0 Å². The van der Waals surface area contributed by atoms with E-state index in [0.29, 0.717) is 6.42 Å². The normalized spacial score (nSPS) is 20.4. The van der Waals surface area contributed by atoms with E-state index in [1.807, 2.05) is 13.8 Å². The van der Waals surface area contributed by atoms with Crippen molar-refractivity contribution in [3.05, 3.63) is 0 Å². The average Bonchev–Trinajstić information content (AvgIpc) is 2.16. The predicted molar refractivity (Wildman–Crippen MR) is 62.5 cm³/mol. The average molecular weight is 229 g/mol. The number of rotatable bonds is 4. The number of hydrogen-bond donors (Lipinski definition) is 3. The first-order chi connectivity index (χ1) is 7.39. The molecule has 0 radical (unpaired) electrons. The fourth-order valence-corrected chi connectivity index (χ4v) is 2.96. The van der Waals surface area contributed by atoms with Gasteiger partial charge in [-0.25, -0.2) is 4.79 Å². The third kappa shape index (κ3) is 3.67. The van der Waals surface area contributed by atoms with E-state index in [1.165, 1.54) is 6.42 Å². The summed E-state index contributed by atoms with van der Waals surface area (Å²) in [7, 11) is 0. The van der Waals surface area contributed by atoms with Gasteiger partial charge < -0.3 is 15.5 Å². The van der Waals surface area contributed by atoms with E-state index < -0.39 is 11.6 Å². The Kier molecular flexibility index (Phi) is 4.19. The van der Waals surface area contributed by atoms with Crippen molar-refractivity contribution < 1.29 is 15.0 Å². The first kappa shape index (κ1) is 13.3. The van der Waals surface area contributed by atoms with Crippen LogP contribution in [0.3, 0.4) is 0 Å². The number of amides is 1. The molecule has 0 bridgehead atoms. The molecule has 0 aromatic carbocycles. The van der Waals surface area contributed by atoms with Gasteiger partial charge in [0.2, 0.25) is 0 Å². The van der Waals surface area contributed by atoms with Gasteiger partial charge in [0.25, 0.3) is 0 Å². The van der Waals surface area contributed by atoms with Gasteiger partial charge >= 0.3 is 6.09 Å². The van der Waals surface area contributed by atoms with Crippen molar-refractivity contribution in [2.24, 2.45) is 5.41 Å². The minimum atomic E-state index is -0.992. The van der Waals surface area contributed by atoms with Crippen LogP contribution in [0.1, 0.15) is 52.4 Å². The summed E-state index contributed by atoms with van der Waals surface area (Å²) in [6.45, 7) is 3.93. The standard InChI is InChI=1S/C12H23NO3/c1-11(2,13-10(15)16)8-12(9-14)6-4-3-5-7-12/h13-14H,3-9H2,1-2H3,(H,15,16). The summed E-state index contributed by atoms with van der Waals surface area (Å²) < 4.78 is 0. The lowest BCUT2D eigenvalue weighted by Gasteiger charge is -2.41. The molecule has 1 aliphatic rings. The fraction of sp³-hybridized carbons (Fsp3) is 0.917. The summed E-state index contributed by atoms with van der Waals surface area (Å²) in [5, 5.41) is 20.9. The van der Waals surface area contributed by atoms with Gasteiger partial charge in [-0.2, -0.15) is 0 Å². The van der Waals surface area contributed by atoms with Gasteiger partial charge in [0.15, 0.2) is 0 Å². The summed E-state index contributed by atoms with van der Waals surface area (Å²) in [5.41, 5.74) is -0.546. The van der Waals surface area contributed by atoms with E-state index in [2.05, 4.69) is 5.32 Å². The zero-order valence-electron chi connectivity index (χ0n) is 10.3. The molecule has 0 spiro atoms. The number of carbonyl (C=O) groups is 1. The second-order valence-corrected chi connectivity index (χ2v) is 5.71. The van der Waals surface area contributed by atoms with Crippen LogP contribution in [0, 0.1) is 5.41 Å². The molecule has 1 rings (SSSR count). The molecular weight excluding hydrogens is 206 g/mol. The Bertz CT molecular complexity index is 245. The highest BCUT2D eigenvalue weighted by Crippen LogP contribution is 2.41. The molecule has 0 unspecified atom stereocenters. The maximum absolute atomic E-state index is 10.7. The van der Waals surface area contributed by atoms with Crippen LogP contribution in [-0.2, 0) is 0 Å². The third-order valence-electron chi connectivity index (χ3n) is 3.51. The lowest BCUT2D eigenvalue weighted by atomic mass is 9.68. The van der Waals surface area contributed by atoms with Crippen LogP contribution in [0.25, 0.3) is 0 Å². The molecule has 0 aromatic heterocycles. The van der Waals surface area contributed by atoms with E-state index in [1.54, 1.807) is 0 Å². The van der Waals surface area contributed by atoms with Crippen molar-refractivity contribution >= 4 is 6.09 Å². The highest BCUT2D eigenvalue weighted by molar-refractivity contribution is 5.65. The number of nitrogens with one attached hydrogen (secondary N) is 1. The Labute approximate surface area is 97.0 Å². The van der Waals surface area contributed by atoms with E-state index in [4.69, 9.17) is 5.11 Å². The molecule has 0 saturated heterocycles. The summed E-state index contributed by atoms with van der Waals surface area (Å²) in [6.07, 6.45) is 5.25. The summed E-state index contributed by atoms with van der Waals surface area (Å²) in [6, 6.07) is 0. The number of aliphatic hydroxyl groups is 1. The van der Waals surface area contributed by atoms with E-state index >= 15 is 0 Å². The van der Waals surface area contributed by atoms with Crippen molar-refractivity contribution in [3.63, 3.8) is 0 Å². The molecule has 16 heavy (non-hydrogen) atoms. The highest BCUT2D eigenvalue weighted by atomic mass is 16.4. The quantitative estimate of drug-likeness (QED) is 0.693. The van der Waals surface area contributed by atoms with Gasteiger partial charge in [-0.3, -0.25) is 0 Å². The van der Waals surface area contributed by atoms with Crippen LogP contribution in [0.2, 0.25) is 0 Å². The molecule has 3 N–H and O–H groups in total. The molecule has 0 heterocycles. The number of hydrogen-bond acceptors (Lipinski definition) is 2. The molecule has 4 heteroatoms. The molecule has 0 aromatic rings. The second-order valence-electron chi connectivity index (χ2n) is 5.71. The minimum Gasteiger partial charge on any atom is -0.465 e. The van der Waals surface area contributed by atoms with Gasteiger partial charge in [0.1, 0.15) is 0 Å². The van der Waals surface area contributed by atoms with Gasteiger partial charge in [0, 0.05) is 12.1 Å². The Balaban J connectivity index is 2.63. The molecule has 4 nitrogen and oxygen atoms in total. The topological polar surface area (TPSA) is 69.6 Å². The monoisotopic (exact) mass is 229 g/mol. The van der Waals surface area contributed by atoms with Crippen molar-refractivity contribution in [2.45, 2.75) is 57.9 Å². The van der Waals surface area contributed by atoms with Crippen molar-refractivity contribution in [3.8, 4) is 0 Å². The van der Waals surface area contributed by atoms with Gasteiger partial charge in [-0.05, 0) is 38.5 Å². The first-order valence-electron chi connectivity index (χ1n) is 6.01. The van der Waals surface area contributed by atoms with Crippen LogP contribution in [0.15, 0.2) is 0 Å². The zero-order chi connectivity index (χ0) is 12.2. The Morgan fingerprint density at radius 2 is 1.88 bits per heavy atom. The first-order valence-corrected chi connectivity index (χ1v) is 6.01. The summed E-state index contributed by atoms with van der Waals surface area (Å²) >= 11 is 0. The number of carboxylic acid groups (broad SMARTS) is 1. The van der Waals surface area contributed by atoms with Crippen LogP contribution < -0.4 is 5.32 Å². The van der Waals surface area contributed by atoms with E-state index in [-0.39, 0.29) is 12.0 Å². The zero-order valence-corrected chi connectivity index (χ0v) is 10.3. The Morgan fingerprint density at radius 1 is 1.31 bits per heavy atom. The lowest BCUT2D eigenvalue weighted by molar-refractivity contribution is 0.0480. The van der Waals surface area contributed by atoms with Crippen LogP contribution >= 0.6 is 0 Å². The largest absolute Gasteiger partial charge is 0.465 e. The van der Waals surface area contributed by atoms with Crippen molar-refractivity contribution in [1.82, 2.24) is 5.32 Å². The minimum absolute atomic E-state index is 0.0792. The SMILES string of the molecule is CC(C)(CC1(CO)CCCCC1)NC(=O)O. The molecule has 1 saturated carbocycles. The van der Waals surface area contributed by atoms with Crippen LogP contribution in [-0.4, -0.2) is 28.5 Å². The molecule has 1 amide bonds. The molecule has 0 aliphatic heterocycles. The van der Waals surface area contributed by atoms with Gasteiger partial charge in [-0.1, -0.05) is 19.3 Å². The predicted octanol–water partition coefficient (Wildman–Crippen LogP) is 2.37. The maximum Gasteiger partial charge on any atom is 0.405 e. The Morgan fingerprint density at radius 3 is 2.31 bits per heavy atom. The molecule has 1 fully saturated rings. The lowest BCUT2D eigenvalue weighted by Crippen LogP contribution is -2.48. The number of aliphatic hydroxyl groups excluding tert-OH is 1. The molecule has 94 valence electrons. The molecular formula is C12H23NO3. The Hall–Kier alpha value is -0.770. The summed E-state index contributed by atoms with van der Waals surface area (Å²) in [5.74, 6) is 0. The summed E-state index contributed by atoms with van der Waals surface area (Å²) in [4.78, 5) is 10.7. The second kappa shape index (κ2) is 5.04. The molecule has 1 aliphatic carbocycles. The van der Waals surface area contributed by atoms with Crippen LogP contribution in [0.5, 0.6) is 0 Å². The van der Waals surface area contributed by atoms with Crippen LogP contribution in [0.4, 0.5) is 4.79 Å². The third-order valence-corrected chi connectivity index (χ3v) is 3.51. The maximum atomic E-state index is 10.7. The highest BCUT2D eigenvalue weighted by Gasteiger charge is 2.37. The smallest absolute Gasteiger partial charge is 0.405 e. The molecule has 0 atom stereocenters.